The summed E-state index contributed by atoms with van der Waals surface area (Å²) in [5.41, 5.74) is 5.44. The molecule has 1 amide bonds. The summed E-state index contributed by atoms with van der Waals surface area (Å²) in [6.07, 6.45) is 1.02. The molecule has 188 valence electrons. The number of ketones is 1. The zero-order valence-electron chi connectivity index (χ0n) is 21.2. The predicted molar refractivity (Wildman–Crippen MR) is 146 cm³/mol. The van der Waals surface area contributed by atoms with Gasteiger partial charge in [-0.25, -0.2) is 4.39 Å². The summed E-state index contributed by atoms with van der Waals surface area (Å²) in [4.78, 5) is 34.2. The number of benzene rings is 3. The number of hydrogen-bond donors (Lipinski definition) is 1. The number of carbonyl (C=O) groups excluding carboxylic acids is 2. The monoisotopic (exact) mass is 495 g/mol. The summed E-state index contributed by atoms with van der Waals surface area (Å²) >= 11 is 0. The fraction of sp³-hybridized carbons (Fsp3) is 0.258. The predicted octanol–water partition coefficient (Wildman–Crippen LogP) is 6.11. The summed E-state index contributed by atoms with van der Waals surface area (Å²) in [5.74, 6) is -1.82. The van der Waals surface area contributed by atoms with Crippen LogP contribution >= 0.6 is 0 Å². The van der Waals surface area contributed by atoms with Crippen molar-refractivity contribution in [1.29, 1.82) is 0 Å². The molecule has 0 bridgehead atoms. The lowest BCUT2D eigenvalue weighted by molar-refractivity contribution is -0.119. The zero-order valence-corrected chi connectivity index (χ0v) is 21.2. The summed E-state index contributed by atoms with van der Waals surface area (Å²) < 4.78 is 13.8. The highest BCUT2D eigenvalue weighted by Gasteiger charge is 2.44. The van der Waals surface area contributed by atoms with E-state index in [1.165, 1.54) is 12.1 Å². The number of nitrogens with one attached hydrogen (secondary N) is 1. The van der Waals surface area contributed by atoms with Crippen LogP contribution in [0, 0.1) is 11.7 Å². The lowest BCUT2D eigenvalue weighted by Crippen LogP contribution is -2.39. The number of anilines is 2. The number of hydrogen-bond acceptors (Lipinski definition) is 4. The Kier molecular flexibility index (Phi) is 6.74. The largest absolute Gasteiger partial charge is 0.378 e. The van der Waals surface area contributed by atoms with Gasteiger partial charge in [0.2, 0.25) is 5.91 Å². The topological polar surface area (TPSA) is 61.8 Å². The average Bonchev–Trinajstić information content (AvgIpc) is 2.88. The summed E-state index contributed by atoms with van der Waals surface area (Å²) in [5, 5.41) is 2.86. The first kappa shape index (κ1) is 24.6. The Balaban J connectivity index is 1.56. The van der Waals surface area contributed by atoms with Gasteiger partial charge in [0.05, 0.1) is 5.92 Å². The van der Waals surface area contributed by atoms with Crippen molar-refractivity contribution in [3.63, 3.8) is 0 Å². The molecule has 6 heteroatoms. The van der Waals surface area contributed by atoms with Crippen LogP contribution in [-0.2, 0) is 9.59 Å². The lowest BCUT2D eigenvalue weighted by Gasteiger charge is -2.37. The molecule has 1 heterocycles. The Labute approximate surface area is 216 Å². The Morgan fingerprint density at radius 2 is 1.68 bits per heavy atom. The normalized spacial score (nSPS) is 21.2. The van der Waals surface area contributed by atoms with Gasteiger partial charge in [-0.3, -0.25) is 14.6 Å². The fourth-order valence-electron chi connectivity index (χ4n) is 5.49. The van der Waals surface area contributed by atoms with Gasteiger partial charge in [-0.15, -0.1) is 0 Å². The minimum atomic E-state index is -0.690. The molecule has 0 spiro atoms. The number of nitrogens with zero attached hydrogens (tertiary/aromatic N) is 2. The van der Waals surface area contributed by atoms with Crippen molar-refractivity contribution in [2.75, 3.05) is 24.3 Å². The van der Waals surface area contributed by atoms with Gasteiger partial charge >= 0.3 is 0 Å². The van der Waals surface area contributed by atoms with Crippen LogP contribution in [-0.4, -0.2) is 31.5 Å². The second-order valence-corrected chi connectivity index (χ2v) is 9.99. The Morgan fingerprint density at radius 3 is 2.35 bits per heavy atom. The minimum Gasteiger partial charge on any atom is -0.378 e. The number of Topliss-reactive ketones (excluding diaryl/α,β-unsaturated/α-hetero) is 1. The highest BCUT2D eigenvalue weighted by Crippen LogP contribution is 2.47. The van der Waals surface area contributed by atoms with Crippen molar-refractivity contribution in [2.45, 2.75) is 31.6 Å². The third-order valence-electron chi connectivity index (χ3n) is 7.30. The van der Waals surface area contributed by atoms with E-state index in [0.29, 0.717) is 29.8 Å². The number of aliphatic imine (C=N–C) groups is 1. The minimum absolute atomic E-state index is 0.0246. The van der Waals surface area contributed by atoms with Crippen molar-refractivity contribution in [2.24, 2.45) is 10.9 Å². The molecule has 2 aliphatic rings. The van der Waals surface area contributed by atoms with E-state index in [1.54, 1.807) is 12.1 Å². The Morgan fingerprint density at radius 1 is 0.946 bits per heavy atom. The molecule has 3 atom stereocenters. The van der Waals surface area contributed by atoms with E-state index in [4.69, 9.17) is 4.99 Å². The molecule has 1 unspecified atom stereocenters. The fourth-order valence-corrected chi connectivity index (χ4v) is 5.49. The maximum Gasteiger partial charge on any atom is 0.234 e. The molecule has 1 N–H and O–H groups in total. The third kappa shape index (κ3) is 4.96. The summed E-state index contributed by atoms with van der Waals surface area (Å²) in [6.45, 7) is 1.84. The van der Waals surface area contributed by atoms with E-state index >= 15 is 0 Å². The summed E-state index contributed by atoms with van der Waals surface area (Å²) in [6, 6.07) is 23.8. The van der Waals surface area contributed by atoms with Crippen molar-refractivity contribution in [3.8, 4) is 0 Å². The maximum absolute atomic E-state index is 13.8. The molecule has 1 aliphatic carbocycles. The first-order valence-corrected chi connectivity index (χ1v) is 12.5. The van der Waals surface area contributed by atoms with Crippen LogP contribution in [0.3, 0.4) is 0 Å². The van der Waals surface area contributed by atoms with E-state index in [1.807, 2.05) is 68.4 Å². The molecule has 1 aliphatic heterocycles. The van der Waals surface area contributed by atoms with Crippen LogP contribution in [0.25, 0.3) is 0 Å². The lowest BCUT2D eigenvalue weighted by atomic mass is 9.69. The first-order chi connectivity index (χ1) is 17.8. The number of halogens is 1. The highest BCUT2D eigenvalue weighted by molar-refractivity contribution is 6.13. The van der Waals surface area contributed by atoms with Crippen LogP contribution in [0.15, 0.2) is 95.1 Å². The van der Waals surface area contributed by atoms with E-state index in [9.17, 15) is 14.0 Å². The summed E-state index contributed by atoms with van der Waals surface area (Å²) in [7, 11) is 3.94. The van der Waals surface area contributed by atoms with E-state index in [0.717, 1.165) is 22.5 Å². The molecule has 0 fully saturated rings. The molecule has 0 saturated heterocycles. The molecule has 0 aromatic heterocycles. The van der Waals surface area contributed by atoms with Crippen LogP contribution in [0.2, 0.25) is 0 Å². The van der Waals surface area contributed by atoms with E-state index in [-0.39, 0.29) is 17.6 Å². The first-order valence-electron chi connectivity index (χ1n) is 12.5. The van der Waals surface area contributed by atoms with E-state index < -0.39 is 17.7 Å². The van der Waals surface area contributed by atoms with Gasteiger partial charge in [0.25, 0.3) is 0 Å². The van der Waals surface area contributed by atoms with Gasteiger partial charge in [-0.1, -0.05) is 48.5 Å². The third-order valence-corrected chi connectivity index (χ3v) is 7.30. The second-order valence-electron chi connectivity index (χ2n) is 9.99. The van der Waals surface area contributed by atoms with Gasteiger partial charge in [0.15, 0.2) is 5.78 Å². The molecule has 3 aromatic rings. The molecular formula is C31H30FN3O2. The van der Waals surface area contributed by atoms with Crippen molar-refractivity contribution in [3.05, 3.63) is 107 Å². The highest BCUT2D eigenvalue weighted by atomic mass is 19.1. The van der Waals surface area contributed by atoms with Crippen molar-refractivity contribution < 1.29 is 14.0 Å². The number of rotatable bonds is 5. The van der Waals surface area contributed by atoms with E-state index in [2.05, 4.69) is 17.4 Å². The number of carbonyl (C=O) groups is 2. The quantitative estimate of drug-likeness (QED) is 0.465. The van der Waals surface area contributed by atoms with Crippen LogP contribution in [0.1, 0.15) is 42.7 Å². The molecule has 3 aromatic carbocycles. The molecule has 0 saturated carbocycles. The average molecular weight is 496 g/mol. The van der Waals surface area contributed by atoms with Gasteiger partial charge in [0, 0.05) is 54.8 Å². The standard InChI is InChI=1S/C31H30FN3O2/c1-19-28(31(37)34-24-11-7-10-23(32)18-24)29(21-12-14-25(15-13-21)35(2)3)30-26(33-19)16-22(17-27(30)36)20-8-5-4-6-9-20/h4-15,18,22,28-29H,16-17H2,1-3H3,(H,34,37)/t22-,28?,29-/m0/s1. The Hall–Kier alpha value is -4.06. The van der Waals surface area contributed by atoms with Gasteiger partial charge < -0.3 is 10.2 Å². The van der Waals surface area contributed by atoms with Crippen molar-refractivity contribution >= 4 is 28.8 Å². The molecular weight excluding hydrogens is 465 g/mol. The Bertz CT molecular complexity index is 1390. The zero-order chi connectivity index (χ0) is 26.1. The molecule has 5 rings (SSSR count). The SMILES string of the molecule is CC1=NC2=C(C(=O)C[C@@H](c3ccccc3)C2)[C@@H](c2ccc(N(C)C)cc2)C1C(=O)Nc1cccc(F)c1. The van der Waals surface area contributed by atoms with Gasteiger partial charge in [-0.05, 0) is 60.7 Å². The van der Waals surface area contributed by atoms with Gasteiger partial charge in [-0.2, -0.15) is 0 Å². The number of allylic oxidation sites excluding steroid dienone is 2. The van der Waals surface area contributed by atoms with Crippen LogP contribution < -0.4 is 10.2 Å². The smallest absolute Gasteiger partial charge is 0.234 e. The number of amides is 1. The van der Waals surface area contributed by atoms with Crippen LogP contribution in [0.5, 0.6) is 0 Å². The van der Waals surface area contributed by atoms with Gasteiger partial charge in [0.1, 0.15) is 5.82 Å². The second kappa shape index (κ2) is 10.1. The van der Waals surface area contributed by atoms with Crippen LogP contribution in [0.4, 0.5) is 15.8 Å². The molecule has 5 nitrogen and oxygen atoms in total. The maximum atomic E-state index is 13.8. The molecule has 37 heavy (non-hydrogen) atoms. The molecule has 0 radical (unpaired) electrons. The van der Waals surface area contributed by atoms with Crippen molar-refractivity contribution in [1.82, 2.24) is 0 Å².